The predicted molar refractivity (Wildman–Crippen MR) is 96.8 cm³/mol. The van der Waals surface area contributed by atoms with E-state index in [0.717, 1.165) is 43.9 Å². The summed E-state index contributed by atoms with van der Waals surface area (Å²) < 4.78 is 0. The highest BCUT2D eigenvalue weighted by Crippen LogP contribution is 2.37. The van der Waals surface area contributed by atoms with E-state index in [1.807, 2.05) is 0 Å². The molecule has 4 heteroatoms. The molecule has 1 saturated heterocycles. The number of carbonyl (C=O) groups excluding carboxylic acids is 1. The molecular formula is C20H23N3O. The fraction of sp³-hybridized carbons (Fsp3) is 0.350. The molecule has 3 heterocycles. The van der Waals surface area contributed by atoms with E-state index >= 15 is 0 Å². The van der Waals surface area contributed by atoms with Gasteiger partial charge in [0.25, 0.3) is 0 Å². The molecule has 2 N–H and O–H groups in total. The van der Waals surface area contributed by atoms with Crippen molar-refractivity contribution in [2.24, 2.45) is 0 Å². The van der Waals surface area contributed by atoms with Gasteiger partial charge in [-0.25, -0.2) is 0 Å². The first-order valence-corrected chi connectivity index (χ1v) is 8.61. The molecule has 24 heavy (non-hydrogen) atoms. The first-order valence-electron chi connectivity index (χ1n) is 8.61. The van der Waals surface area contributed by atoms with Crippen LogP contribution in [-0.4, -0.2) is 29.9 Å². The van der Waals surface area contributed by atoms with Crippen molar-refractivity contribution in [1.29, 1.82) is 0 Å². The number of piperidine rings is 1. The Hall–Kier alpha value is -2.33. The number of benzene rings is 1. The van der Waals surface area contributed by atoms with Crippen LogP contribution in [0.2, 0.25) is 0 Å². The Balaban J connectivity index is 1.59. The molecule has 0 aromatic heterocycles. The van der Waals surface area contributed by atoms with Crippen molar-refractivity contribution >= 4 is 17.2 Å². The van der Waals surface area contributed by atoms with Gasteiger partial charge < -0.3 is 15.5 Å². The Morgan fingerprint density at radius 1 is 1.25 bits per heavy atom. The molecule has 1 amide bonds. The maximum Gasteiger partial charge on any atom is 0.224 e. The van der Waals surface area contributed by atoms with E-state index in [4.69, 9.17) is 0 Å². The van der Waals surface area contributed by atoms with Gasteiger partial charge in [-0.3, -0.25) is 4.79 Å². The smallest absolute Gasteiger partial charge is 0.224 e. The van der Waals surface area contributed by atoms with Crippen LogP contribution in [0.15, 0.2) is 43.1 Å². The molecule has 4 rings (SSSR count). The number of fused-ring (bicyclic) bond motifs is 1. The monoisotopic (exact) mass is 321 g/mol. The summed E-state index contributed by atoms with van der Waals surface area (Å²) in [7, 11) is 0. The topological polar surface area (TPSA) is 44.4 Å². The Bertz CT molecular complexity index is 762. The minimum Gasteiger partial charge on any atom is -0.359 e. The summed E-state index contributed by atoms with van der Waals surface area (Å²) in [5, 5.41) is 6.32. The second kappa shape index (κ2) is 5.95. The summed E-state index contributed by atoms with van der Waals surface area (Å²) in [5.41, 5.74) is 7.03. The van der Waals surface area contributed by atoms with E-state index in [1.165, 1.54) is 22.3 Å². The van der Waals surface area contributed by atoms with Crippen molar-refractivity contribution in [3.05, 3.63) is 59.8 Å². The zero-order valence-electron chi connectivity index (χ0n) is 13.9. The molecule has 0 spiro atoms. The third-order valence-corrected chi connectivity index (χ3v) is 5.22. The molecule has 0 aliphatic carbocycles. The third-order valence-electron chi connectivity index (χ3n) is 5.22. The zero-order valence-corrected chi connectivity index (χ0v) is 13.9. The van der Waals surface area contributed by atoms with Crippen LogP contribution in [0.1, 0.15) is 36.0 Å². The lowest BCUT2D eigenvalue weighted by molar-refractivity contribution is -0.121. The van der Waals surface area contributed by atoms with Gasteiger partial charge in [-0.05, 0) is 42.2 Å². The second-order valence-electron chi connectivity index (χ2n) is 6.77. The number of carbonyl (C=O) groups is 1. The van der Waals surface area contributed by atoms with Crippen LogP contribution in [-0.2, 0) is 11.3 Å². The lowest BCUT2D eigenvalue weighted by Crippen LogP contribution is -2.43. The van der Waals surface area contributed by atoms with Crippen molar-refractivity contribution < 1.29 is 4.79 Å². The van der Waals surface area contributed by atoms with Crippen LogP contribution >= 0.6 is 0 Å². The van der Waals surface area contributed by atoms with Gasteiger partial charge in [-0.1, -0.05) is 31.4 Å². The Morgan fingerprint density at radius 3 is 2.88 bits per heavy atom. The molecule has 1 fully saturated rings. The van der Waals surface area contributed by atoms with E-state index < -0.39 is 0 Å². The fourth-order valence-corrected chi connectivity index (χ4v) is 3.91. The standard InChI is InChI=1S/C20H23N3O/c1-13-19(7-8-20(24)22-13)23-12-17-10-15(5-6-18(17)14(23)2)16-4-3-9-21-11-16/h4-6,10,19,21H,1-3,7-9,11-12H2,(H,22,24). The minimum atomic E-state index is 0.0672. The molecular weight excluding hydrogens is 298 g/mol. The van der Waals surface area contributed by atoms with Gasteiger partial charge in [-0.2, -0.15) is 0 Å². The summed E-state index contributed by atoms with van der Waals surface area (Å²) in [4.78, 5) is 13.8. The first kappa shape index (κ1) is 15.2. The van der Waals surface area contributed by atoms with Crippen molar-refractivity contribution in [1.82, 2.24) is 15.5 Å². The predicted octanol–water partition coefficient (Wildman–Crippen LogP) is 2.64. The molecule has 1 atom stereocenters. The van der Waals surface area contributed by atoms with E-state index in [1.54, 1.807) is 0 Å². The van der Waals surface area contributed by atoms with E-state index in [-0.39, 0.29) is 11.9 Å². The molecule has 4 nitrogen and oxygen atoms in total. The van der Waals surface area contributed by atoms with Gasteiger partial charge in [0, 0.05) is 36.5 Å². The number of nitrogens with one attached hydrogen (secondary N) is 2. The normalized spacial score (nSPS) is 23.8. The van der Waals surface area contributed by atoms with Crippen molar-refractivity contribution in [3.8, 4) is 0 Å². The van der Waals surface area contributed by atoms with E-state index in [9.17, 15) is 4.79 Å². The summed E-state index contributed by atoms with van der Waals surface area (Å²) in [6, 6.07) is 6.82. The summed E-state index contributed by atoms with van der Waals surface area (Å²) in [5.74, 6) is 0.0672. The highest BCUT2D eigenvalue weighted by molar-refractivity contribution is 5.80. The minimum absolute atomic E-state index is 0.0672. The van der Waals surface area contributed by atoms with Gasteiger partial charge in [0.15, 0.2) is 0 Å². The molecule has 3 aliphatic heterocycles. The number of hydrogen-bond donors (Lipinski definition) is 2. The Kier molecular flexibility index (Phi) is 3.77. The summed E-state index contributed by atoms with van der Waals surface area (Å²) in [6.45, 7) is 11.2. The fourth-order valence-electron chi connectivity index (χ4n) is 3.91. The average molecular weight is 321 g/mol. The van der Waals surface area contributed by atoms with E-state index in [0.29, 0.717) is 6.42 Å². The largest absolute Gasteiger partial charge is 0.359 e. The summed E-state index contributed by atoms with van der Waals surface area (Å²) in [6.07, 6.45) is 4.78. The van der Waals surface area contributed by atoms with Gasteiger partial charge in [0.05, 0.1) is 6.04 Å². The van der Waals surface area contributed by atoms with Crippen LogP contribution in [0.3, 0.4) is 0 Å². The van der Waals surface area contributed by atoms with Crippen molar-refractivity contribution in [2.45, 2.75) is 31.8 Å². The maximum absolute atomic E-state index is 11.5. The second-order valence-corrected chi connectivity index (χ2v) is 6.77. The van der Waals surface area contributed by atoms with Crippen LogP contribution < -0.4 is 10.6 Å². The first-order chi connectivity index (χ1) is 11.6. The number of rotatable bonds is 2. The Morgan fingerprint density at radius 2 is 2.12 bits per heavy atom. The van der Waals surface area contributed by atoms with E-state index in [2.05, 4.69) is 53.0 Å². The van der Waals surface area contributed by atoms with Gasteiger partial charge in [0.2, 0.25) is 5.91 Å². The highest BCUT2D eigenvalue weighted by Gasteiger charge is 2.33. The zero-order chi connectivity index (χ0) is 16.7. The number of nitrogens with zero attached hydrogens (tertiary/aromatic N) is 1. The highest BCUT2D eigenvalue weighted by atomic mass is 16.1. The van der Waals surface area contributed by atoms with Gasteiger partial charge >= 0.3 is 0 Å². The molecule has 124 valence electrons. The molecule has 3 aliphatic rings. The molecule has 0 saturated carbocycles. The molecule has 0 bridgehead atoms. The van der Waals surface area contributed by atoms with Crippen LogP contribution in [0, 0.1) is 0 Å². The third kappa shape index (κ3) is 2.57. The number of hydrogen-bond acceptors (Lipinski definition) is 3. The maximum atomic E-state index is 11.5. The van der Waals surface area contributed by atoms with Gasteiger partial charge in [-0.15, -0.1) is 0 Å². The quantitative estimate of drug-likeness (QED) is 0.880. The van der Waals surface area contributed by atoms with Crippen LogP contribution in [0.25, 0.3) is 11.3 Å². The average Bonchev–Trinajstić information content (AvgIpc) is 2.92. The van der Waals surface area contributed by atoms with Crippen molar-refractivity contribution in [2.75, 3.05) is 13.1 Å². The van der Waals surface area contributed by atoms with Crippen LogP contribution in [0.4, 0.5) is 0 Å². The lowest BCUT2D eigenvalue weighted by Gasteiger charge is -2.34. The Labute approximate surface area is 142 Å². The molecule has 0 radical (unpaired) electrons. The van der Waals surface area contributed by atoms with Crippen molar-refractivity contribution in [3.63, 3.8) is 0 Å². The molecule has 1 unspecified atom stereocenters. The van der Waals surface area contributed by atoms with Gasteiger partial charge in [0.1, 0.15) is 0 Å². The SMILES string of the molecule is C=C1NC(=O)CCC1N1Cc2cc(C3=CCCNC3)ccc2C1=C. The molecule has 1 aromatic rings. The number of amides is 1. The summed E-state index contributed by atoms with van der Waals surface area (Å²) >= 11 is 0. The lowest BCUT2D eigenvalue weighted by atomic mass is 9.98. The van der Waals surface area contributed by atoms with Crippen LogP contribution in [0.5, 0.6) is 0 Å². The molecule has 1 aromatic carbocycles.